The zero-order valence-corrected chi connectivity index (χ0v) is 11.3. The van der Waals surface area contributed by atoms with E-state index in [-0.39, 0.29) is 12.5 Å². The van der Waals surface area contributed by atoms with Crippen molar-refractivity contribution in [3.8, 4) is 11.5 Å². The molecule has 1 rings (SSSR count). The highest BCUT2D eigenvalue weighted by atomic mass is 16.5. The van der Waals surface area contributed by atoms with E-state index in [4.69, 9.17) is 9.47 Å². The van der Waals surface area contributed by atoms with Crippen molar-refractivity contribution in [2.75, 3.05) is 13.7 Å². The molecule has 0 radical (unpaired) electrons. The average molecular weight is 252 g/mol. The highest BCUT2D eigenvalue weighted by Gasteiger charge is 2.26. The zero-order chi connectivity index (χ0) is 13.8. The lowest BCUT2D eigenvalue weighted by Gasteiger charge is -2.27. The molecule has 1 aromatic carbocycles. The summed E-state index contributed by atoms with van der Waals surface area (Å²) in [5.41, 5.74) is -0.501. The Kier molecular flexibility index (Phi) is 4.73. The number of carbonyl (C=O) groups is 1. The Balaban J connectivity index is 2.86. The lowest BCUT2D eigenvalue weighted by molar-refractivity contribution is -0.0268. The average Bonchev–Trinajstić information content (AvgIpc) is 2.35. The fourth-order valence-corrected chi connectivity index (χ4v) is 1.25. The van der Waals surface area contributed by atoms with Crippen LogP contribution in [0, 0.1) is 5.92 Å². The van der Waals surface area contributed by atoms with Crippen LogP contribution in [0.4, 0.5) is 0 Å². The molecule has 0 fully saturated rings. The summed E-state index contributed by atoms with van der Waals surface area (Å²) in [5, 5.41) is 10.1. The minimum absolute atomic E-state index is 0.0581. The lowest BCUT2D eigenvalue weighted by Crippen LogP contribution is -2.37. The molecule has 1 N–H and O–H groups in total. The molecule has 18 heavy (non-hydrogen) atoms. The standard InChI is InChI=1S/C14H20O4/c1-10(2)14(3,16)9-18-13-7-12(17-4)6-5-11(13)8-15/h5-8,10,16H,9H2,1-4H3. The molecule has 0 spiro atoms. The first kappa shape index (κ1) is 14.5. The van der Waals surface area contributed by atoms with Crippen molar-refractivity contribution in [1.82, 2.24) is 0 Å². The minimum Gasteiger partial charge on any atom is -0.497 e. The number of rotatable bonds is 6. The summed E-state index contributed by atoms with van der Waals surface area (Å²) in [6.07, 6.45) is 0.721. The van der Waals surface area contributed by atoms with Crippen LogP contribution in [0.5, 0.6) is 11.5 Å². The predicted molar refractivity (Wildman–Crippen MR) is 69.3 cm³/mol. The molecule has 0 aliphatic heterocycles. The van der Waals surface area contributed by atoms with Crippen LogP contribution in [-0.2, 0) is 0 Å². The van der Waals surface area contributed by atoms with E-state index in [0.29, 0.717) is 17.1 Å². The van der Waals surface area contributed by atoms with Gasteiger partial charge >= 0.3 is 0 Å². The molecule has 0 amide bonds. The van der Waals surface area contributed by atoms with Gasteiger partial charge in [0, 0.05) is 6.07 Å². The number of aliphatic hydroxyl groups is 1. The van der Waals surface area contributed by atoms with E-state index in [1.807, 2.05) is 13.8 Å². The monoisotopic (exact) mass is 252 g/mol. The van der Waals surface area contributed by atoms with Crippen molar-refractivity contribution in [3.63, 3.8) is 0 Å². The largest absolute Gasteiger partial charge is 0.497 e. The third-order valence-electron chi connectivity index (χ3n) is 3.11. The molecule has 0 saturated carbocycles. The van der Waals surface area contributed by atoms with E-state index in [9.17, 15) is 9.90 Å². The van der Waals surface area contributed by atoms with Gasteiger partial charge in [0.05, 0.1) is 18.3 Å². The van der Waals surface area contributed by atoms with Gasteiger partial charge in [0.15, 0.2) is 6.29 Å². The maximum absolute atomic E-state index is 10.9. The molecule has 0 aliphatic rings. The predicted octanol–water partition coefficient (Wildman–Crippen LogP) is 2.29. The van der Waals surface area contributed by atoms with Crippen molar-refractivity contribution in [2.24, 2.45) is 5.92 Å². The van der Waals surface area contributed by atoms with E-state index in [0.717, 1.165) is 6.29 Å². The molecular weight excluding hydrogens is 232 g/mol. The highest BCUT2D eigenvalue weighted by Crippen LogP contribution is 2.25. The van der Waals surface area contributed by atoms with E-state index in [1.165, 1.54) is 0 Å². The molecule has 1 unspecified atom stereocenters. The van der Waals surface area contributed by atoms with Gasteiger partial charge in [-0.05, 0) is 25.0 Å². The van der Waals surface area contributed by atoms with Gasteiger partial charge in [-0.15, -0.1) is 0 Å². The second-order valence-corrected chi connectivity index (χ2v) is 4.82. The first-order valence-corrected chi connectivity index (χ1v) is 5.89. The SMILES string of the molecule is COc1ccc(C=O)c(OCC(C)(O)C(C)C)c1. The van der Waals surface area contributed by atoms with Crippen molar-refractivity contribution >= 4 is 6.29 Å². The summed E-state index contributed by atoms with van der Waals surface area (Å²) in [6.45, 7) is 5.65. The number of aldehydes is 1. The van der Waals surface area contributed by atoms with Crippen molar-refractivity contribution in [2.45, 2.75) is 26.4 Å². The quantitative estimate of drug-likeness (QED) is 0.789. The van der Waals surface area contributed by atoms with Gasteiger partial charge in [0.1, 0.15) is 18.1 Å². The van der Waals surface area contributed by atoms with Crippen LogP contribution in [0.25, 0.3) is 0 Å². The van der Waals surface area contributed by atoms with Gasteiger partial charge in [-0.3, -0.25) is 4.79 Å². The maximum Gasteiger partial charge on any atom is 0.153 e. The molecule has 1 aromatic rings. The van der Waals surface area contributed by atoms with Crippen LogP contribution in [0.3, 0.4) is 0 Å². The molecule has 0 aliphatic carbocycles. The number of hydrogen-bond acceptors (Lipinski definition) is 4. The first-order valence-electron chi connectivity index (χ1n) is 5.89. The van der Waals surface area contributed by atoms with Crippen LogP contribution >= 0.6 is 0 Å². The Morgan fingerprint density at radius 3 is 2.61 bits per heavy atom. The Morgan fingerprint density at radius 1 is 1.44 bits per heavy atom. The zero-order valence-electron chi connectivity index (χ0n) is 11.3. The van der Waals surface area contributed by atoms with Crippen LogP contribution in [-0.4, -0.2) is 30.7 Å². The summed E-state index contributed by atoms with van der Waals surface area (Å²) in [5.74, 6) is 1.09. The lowest BCUT2D eigenvalue weighted by atomic mass is 9.94. The highest BCUT2D eigenvalue weighted by molar-refractivity contribution is 5.79. The minimum atomic E-state index is -0.941. The van der Waals surface area contributed by atoms with Gasteiger partial charge in [-0.1, -0.05) is 13.8 Å². The second-order valence-electron chi connectivity index (χ2n) is 4.82. The molecule has 100 valence electrons. The van der Waals surface area contributed by atoms with Crippen molar-refractivity contribution in [3.05, 3.63) is 23.8 Å². The van der Waals surface area contributed by atoms with Crippen molar-refractivity contribution in [1.29, 1.82) is 0 Å². The van der Waals surface area contributed by atoms with Gasteiger partial charge in [0.2, 0.25) is 0 Å². The number of hydrogen-bond donors (Lipinski definition) is 1. The van der Waals surface area contributed by atoms with Crippen LogP contribution in [0.1, 0.15) is 31.1 Å². The van der Waals surface area contributed by atoms with Gasteiger partial charge < -0.3 is 14.6 Å². The van der Waals surface area contributed by atoms with E-state index in [1.54, 1.807) is 32.2 Å². The molecule has 4 heteroatoms. The molecule has 0 aromatic heterocycles. The third-order valence-corrected chi connectivity index (χ3v) is 3.11. The van der Waals surface area contributed by atoms with E-state index in [2.05, 4.69) is 0 Å². The third kappa shape index (κ3) is 3.47. The van der Waals surface area contributed by atoms with Gasteiger partial charge in [-0.2, -0.15) is 0 Å². The molecule has 0 bridgehead atoms. The Labute approximate surface area is 108 Å². The number of carbonyl (C=O) groups excluding carboxylic acids is 1. The molecule has 0 heterocycles. The van der Waals surface area contributed by atoms with Gasteiger partial charge in [0.25, 0.3) is 0 Å². The molecular formula is C14H20O4. The molecule has 0 saturated heterocycles. The summed E-state index contributed by atoms with van der Waals surface area (Å²) < 4.78 is 10.6. The maximum atomic E-state index is 10.9. The number of benzene rings is 1. The summed E-state index contributed by atoms with van der Waals surface area (Å²) in [4.78, 5) is 10.9. The van der Waals surface area contributed by atoms with E-state index >= 15 is 0 Å². The number of methoxy groups -OCH3 is 1. The summed E-state index contributed by atoms with van der Waals surface area (Å²) >= 11 is 0. The fourth-order valence-electron chi connectivity index (χ4n) is 1.25. The fraction of sp³-hybridized carbons (Fsp3) is 0.500. The normalized spacial score (nSPS) is 14.1. The van der Waals surface area contributed by atoms with Crippen LogP contribution < -0.4 is 9.47 Å². The van der Waals surface area contributed by atoms with Crippen molar-refractivity contribution < 1.29 is 19.4 Å². The smallest absolute Gasteiger partial charge is 0.153 e. The number of ether oxygens (including phenoxy) is 2. The molecule has 1 atom stereocenters. The van der Waals surface area contributed by atoms with Crippen LogP contribution in [0.15, 0.2) is 18.2 Å². The Bertz CT molecular complexity index is 410. The first-order chi connectivity index (χ1) is 8.40. The van der Waals surface area contributed by atoms with Gasteiger partial charge in [-0.25, -0.2) is 0 Å². The van der Waals surface area contributed by atoms with E-state index < -0.39 is 5.60 Å². The van der Waals surface area contributed by atoms with Crippen LogP contribution in [0.2, 0.25) is 0 Å². The molecule has 4 nitrogen and oxygen atoms in total. The topological polar surface area (TPSA) is 55.8 Å². The Hall–Kier alpha value is -1.55. The summed E-state index contributed by atoms with van der Waals surface area (Å²) in [6, 6.07) is 4.96. The Morgan fingerprint density at radius 2 is 2.11 bits per heavy atom. The summed E-state index contributed by atoms with van der Waals surface area (Å²) in [7, 11) is 1.55. The second kappa shape index (κ2) is 5.87.